The highest BCUT2D eigenvalue weighted by atomic mass is 35.5. The van der Waals surface area contributed by atoms with Crippen molar-refractivity contribution in [3.8, 4) is 0 Å². The normalized spacial score (nSPS) is 15.9. The summed E-state index contributed by atoms with van der Waals surface area (Å²) in [6, 6.07) is 18.3. The van der Waals surface area contributed by atoms with Crippen molar-refractivity contribution in [3.63, 3.8) is 0 Å². The van der Waals surface area contributed by atoms with Crippen molar-refractivity contribution < 1.29 is 0 Å². The molecule has 2 heterocycles. The fourth-order valence-corrected chi connectivity index (χ4v) is 3.75. The minimum atomic E-state index is 0.585. The summed E-state index contributed by atoms with van der Waals surface area (Å²) in [6.07, 6.45) is 4.00. The quantitative estimate of drug-likeness (QED) is 0.588. The van der Waals surface area contributed by atoms with Crippen LogP contribution in [0.3, 0.4) is 0 Å². The van der Waals surface area contributed by atoms with Crippen LogP contribution in [0.5, 0.6) is 0 Å². The average molecular weight is 426 g/mol. The van der Waals surface area contributed by atoms with Crippen molar-refractivity contribution in [1.29, 1.82) is 0 Å². The third kappa shape index (κ3) is 5.64. The Morgan fingerprint density at radius 3 is 2.34 bits per heavy atom. The van der Waals surface area contributed by atoms with Gasteiger partial charge in [0.25, 0.3) is 0 Å². The first-order chi connectivity index (χ1) is 14.2. The van der Waals surface area contributed by atoms with E-state index in [0.717, 1.165) is 55.8 Å². The maximum atomic E-state index is 5.97. The summed E-state index contributed by atoms with van der Waals surface area (Å²) < 4.78 is 2.52. The molecule has 1 aromatic heterocycles. The SMILES string of the molecule is S=c1nc(/C=C/c2ccccc2)[nH]n1CN1CCN(Cc2ccc(Cl)cc2)CC1. The fourth-order valence-electron chi connectivity index (χ4n) is 3.42. The summed E-state index contributed by atoms with van der Waals surface area (Å²) in [4.78, 5) is 9.33. The average Bonchev–Trinajstić information content (AvgIpc) is 3.09. The minimum absolute atomic E-state index is 0.585. The predicted molar refractivity (Wildman–Crippen MR) is 121 cm³/mol. The molecule has 0 radical (unpaired) electrons. The molecule has 0 aliphatic carbocycles. The molecule has 5 nitrogen and oxygen atoms in total. The van der Waals surface area contributed by atoms with Gasteiger partial charge in [-0.1, -0.05) is 60.1 Å². The monoisotopic (exact) mass is 425 g/mol. The topological polar surface area (TPSA) is 40.1 Å². The molecule has 0 saturated carbocycles. The van der Waals surface area contributed by atoms with E-state index in [0.29, 0.717) is 4.77 Å². The highest BCUT2D eigenvalue weighted by Crippen LogP contribution is 2.13. The van der Waals surface area contributed by atoms with Gasteiger partial charge < -0.3 is 0 Å². The maximum absolute atomic E-state index is 5.97. The second-order valence-electron chi connectivity index (χ2n) is 7.23. The second-order valence-corrected chi connectivity index (χ2v) is 8.03. The Kier molecular flexibility index (Phi) is 6.56. The van der Waals surface area contributed by atoms with Crippen LogP contribution in [0.15, 0.2) is 54.6 Å². The zero-order valence-electron chi connectivity index (χ0n) is 16.2. The number of hydrogen-bond acceptors (Lipinski definition) is 4. The van der Waals surface area contributed by atoms with Crippen LogP contribution in [0.25, 0.3) is 12.2 Å². The Balaban J connectivity index is 1.30. The number of aromatic nitrogens is 3. The first-order valence-corrected chi connectivity index (χ1v) is 10.5. The van der Waals surface area contributed by atoms with Gasteiger partial charge in [0.05, 0.1) is 6.67 Å². The number of nitrogens with zero attached hydrogens (tertiary/aromatic N) is 4. The summed E-state index contributed by atoms with van der Waals surface area (Å²) in [6.45, 7) is 5.77. The van der Waals surface area contributed by atoms with Gasteiger partial charge in [-0.05, 0) is 41.6 Å². The summed E-state index contributed by atoms with van der Waals surface area (Å²) in [5, 5.41) is 4.09. The van der Waals surface area contributed by atoms with Crippen LogP contribution in [0.1, 0.15) is 17.0 Å². The lowest BCUT2D eigenvalue weighted by atomic mass is 10.2. The van der Waals surface area contributed by atoms with Gasteiger partial charge in [-0.15, -0.1) is 0 Å². The lowest BCUT2D eigenvalue weighted by molar-refractivity contribution is 0.0981. The molecule has 0 amide bonds. The molecular weight excluding hydrogens is 402 g/mol. The molecule has 0 spiro atoms. The Hall–Kier alpha value is -2.25. The number of aromatic amines is 1. The standard InChI is InChI=1S/C22H24ClN5S/c23-20-9-6-19(7-10-20)16-26-12-14-27(15-13-26)17-28-22(29)24-21(25-28)11-8-18-4-2-1-3-5-18/h1-11H,12-17H2,(H,24,25,29)/b11-8+. The molecule has 1 saturated heterocycles. The molecule has 1 N–H and O–H groups in total. The molecule has 0 bridgehead atoms. The van der Waals surface area contributed by atoms with Crippen LogP contribution >= 0.6 is 23.8 Å². The van der Waals surface area contributed by atoms with Gasteiger partial charge in [0.15, 0.2) is 0 Å². The first kappa shape index (κ1) is 20.0. The van der Waals surface area contributed by atoms with Crippen molar-refractivity contribution >= 4 is 36.0 Å². The van der Waals surface area contributed by atoms with E-state index >= 15 is 0 Å². The Labute approximate surface area is 181 Å². The number of hydrogen-bond donors (Lipinski definition) is 1. The van der Waals surface area contributed by atoms with Gasteiger partial charge in [0.2, 0.25) is 4.77 Å². The third-order valence-electron chi connectivity index (χ3n) is 5.06. The van der Waals surface area contributed by atoms with E-state index in [1.165, 1.54) is 5.56 Å². The predicted octanol–water partition coefficient (Wildman–Crippen LogP) is 4.54. The highest BCUT2D eigenvalue weighted by molar-refractivity contribution is 7.71. The molecule has 1 aliphatic heterocycles. The van der Waals surface area contributed by atoms with Crippen molar-refractivity contribution in [3.05, 3.63) is 81.3 Å². The van der Waals surface area contributed by atoms with E-state index < -0.39 is 0 Å². The number of nitrogens with one attached hydrogen (secondary N) is 1. The first-order valence-electron chi connectivity index (χ1n) is 9.75. The molecule has 7 heteroatoms. The Bertz CT molecular complexity index is 1000. The Morgan fingerprint density at radius 1 is 0.931 bits per heavy atom. The van der Waals surface area contributed by atoms with E-state index in [2.05, 4.69) is 44.1 Å². The van der Waals surface area contributed by atoms with Gasteiger partial charge in [-0.3, -0.25) is 14.9 Å². The number of halogens is 1. The van der Waals surface area contributed by atoms with E-state index in [1.807, 2.05) is 47.2 Å². The van der Waals surface area contributed by atoms with Gasteiger partial charge >= 0.3 is 0 Å². The molecule has 150 valence electrons. The smallest absolute Gasteiger partial charge is 0.217 e. The van der Waals surface area contributed by atoms with Crippen LogP contribution in [0, 0.1) is 4.77 Å². The number of H-pyrrole nitrogens is 1. The van der Waals surface area contributed by atoms with E-state index in [-0.39, 0.29) is 0 Å². The number of benzene rings is 2. The zero-order chi connectivity index (χ0) is 20.1. The molecule has 4 rings (SSSR count). The van der Waals surface area contributed by atoms with E-state index in [9.17, 15) is 0 Å². The molecule has 1 aliphatic rings. The van der Waals surface area contributed by atoms with Crippen molar-refractivity contribution in [1.82, 2.24) is 24.6 Å². The summed E-state index contributed by atoms with van der Waals surface area (Å²) in [5.41, 5.74) is 2.44. The minimum Gasteiger partial charge on any atom is -0.297 e. The summed E-state index contributed by atoms with van der Waals surface area (Å²) >= 11 is 11.4. The van der Waals surface area contributed by atoms with E-state index in [1.54, 1.807) is 0 Å². The number of rotatable bonds is 6. The van der Waals surface area contributed by atoms with Gasteiger partial charge in [-0.25, -0.2) is 4.68 Å². The molecule has 0 atom stereocenters. The maximum Gasteiger partial charge on any atom is 0.217 e. The molecule has 3 aromatic rings. The van der Waals surface area contributed by atoms with Gasteiger partial charge in [0, 0.05) is 37.7 Å². The van der Waals surface area contributed by atoms with Crippen molar-refractivity contribution in [2.45, 2.75) is 13.2 Å². The molecule has 1 fully saturated rings. The summed E-state index contributed by atoms with van der Waals surface area (Å²) in [7, 11) is 0. The van der Waals surface area contributed by atoms with Crippen molar-refractivity contribution in [2.75, 3.05) is 26.2 Å². The molecule has 29 heavy (non-hydrogen) atoms. The molecule has 0 unspecified atom stereocenters. The lowest BCUT2D eigenvalue weighted by Gasteiger charge is -2.34. The number of piperazine rings is 1. The zero-order valence-corrected chi connectivity index (χ0v) is 17.7. The second kappa shape index (κ2) is 9.50. The third-order valence-corrected chi connectivity index (χ3v) is 5.62. The van der Waals surface area contributed by atoms with Crippen LogP contribution < -0.4 is 0 Å². The van der Waals surface area contributed by atoms with Crippen LogP contribution in [-0.2, 0) is 13.2 Å². The van der Waals surface area contributed by atoms with Crippen LogP contribution in [0.4, 0.5) is 0 Å². The van der Waals surface area contributed by atoms with E-state index in [4.69, 9.17) is 23.8 Å². The highest BCUT2D eigenvalue weighted by Gasteiger charge is 2.17. The van der Waals surface area contributed by atoms with Crippen LogP contribution in [0.2, 0.25) is 5.02 Å². The van der Waals surface area contributed by atoms with Gasteiger partial charge in [-0.2, -0.15) is 4.98 Å². The van der Waals surface area contributed by atoms with Crippen molar-refractivity contribution in [2.24, 2.45) is 0 Å². The lowest BCUT2D eigenvalue weighted by Crippen LogP contribution is -2.46. The molecular formula is C22H24ClN5S. The summed E-state index contributed by atoms with van der Waals surface area (Å²) in [5.74, 6) is 0.778. The molecule has 2 aromatic carbocycles. The van der Waals surface area contributed by atoms with Gasteiger partial charge in [0.1, 0.15) is 5.82 Å². The van der Waals surface area contributed by atoms with Crippen LogP contribution in [-0.4, -0.2) is 50.7 Å². The largest absolute Gasteiger partial charge is 0.297 e. The Morgan fingerprint density at radius 2 is 1.62 bits per heavy atom. The fraction of sp³-hybridized carbons (Fsp3) is 0.273.